The molecule has 0 N–H and O–H groups in total. The van der Waals surface area contributed by atoms with Crippen molar-refractivity contribution >= 4 is 17.4 Å². The van der Waals surface area contributed by atoms with Gasteiger partial charge in [0.15, 0.2) is 5.78 Å². The maximum atomic E-state index is 12.2. The number of carbonyl (C=O) groups excluding carboxylic acids is 1. The Morgan fingerprint density at radius 1 is 1.24 bits per heavy atom. The minimum Gasteiger partial charge on any atom is -0.345 e. The van der Waals surface area contributed by atoms with E-state index in [0.717, 1.165) is 29.8 Å². The monoisotopic (exact) mass is 301 g/mol. The van der Waals surface area contributed by atoms with Gasteiger partial charge in [0.25, 0.3) is 0 Å². The Hall–Kier alpha value is -1.54. The quantitative estimate of drug-likeness (QED) is 0.613. The van der Waals surface area contributed by atoms with Crippen molar-refractivity contribution in [1.29, 1.82) is 0 Å². The number of Topliss-reactive ketones (excluding diaryl/α,β-unsaturated/α-hetero) is 1. The molecule has 1 aliphatic carbocycles. The zero-order chi connectivity index (χ0) is 15.1. The highest BCUT2D eigenvalue weighted by atomic mass is 35.5. The zero-order valence-electron chi connectivity index (χ0n) is 12.7. The molecule has 0 aliphatic heterocycles. The molecule has 3 heteroatoms. The number of ketones is 1. The van der Waals surface area contributed by atoms with Gasteiger partial charge in [-0.25, -0.2) is 0 Å². The first-order valence-corrected chi connectivity index (χ1v) is 7.86. The second kappa shape index (κ2) is 5.34. The van der Waals surface area contributed by atoms with Crippen LogP contribution in [0.4, 0.5) is 0 Å². The zero-order valence-corrected chi connectivity index (χ0v) is 13.4. The number of fused-ring (bicyclic) bond motifs is 1. The summed E-state index contributed by atoms with van der Waals surface area (Å²) in [6.07, 6.45) is 2.08. The van der Waals surface area contributed by atoms with Crippen molar-refractivity contribution in [2.24, 2.45) is 0 Å². The highest BCUT2D eigenvalue weighted by Crippen LogP contribution is 2.33. The number of alkyl halides is 1. The van der Waals surface area contributed by atoms with E-state index >= 15 is 0 Å². The lowest BCUT2D eigenvalue weighted by Gasteiger charge is -2.17. The molecule has 2 nitrogen and oxygen atoms in total. The van der Waals surface area contributed by atoms with Gasteiger partial charge in [-0.3, -0.25) is 4.79 Å². The molecule has 1 aromatic heterocycles. The van der Waals surface area contributed by atoms with Crippen LogP contribution in [0.2, 0.25) is 0 Å². The van der Waals surface area contributed by atoms with Crippen LogP contribution in [0.1, 0.15) is 45.8 Å². The molecular formula is C18H20ClNO. The van der Waals surface area contributed by atoms with Crippen molar-refractivity contribution in [1.82, 2.24) is 4.57 Å². The average molecular weight is 302 g/mol. The molecule has 0 spiro atoms. The molecule has 0 saturated heterocycles. The van der Waals surface area contributed by atoms with Crippen molar-refractivity contribution in [3.63, 3.8) is 0 Å². The van der Waals surface area contributed by atoms with Gasteiger partial charge >= 0.3 is 0 Å². The molecule has 1 unspecified atom stereocenters. The number of rotatable bonds is 3. The molecule has 0 fully saturated rings. The standard InChI is InChI=1S/C18H20ClNO/c1-11-8-17(18(21)12(2)19)13(3)20(11)16-9-14-6-4-5-7-15(14)10-16/h4-8,12,16H,9-10H2,1-3H3. The van der Waals surface area contributed by atoms with Gasteiger partial charge in [0.05, 0.1) is 5.38 Å². The number of benzene rings is 1. The molecule has 0 amide bonds. The number of halogens is 1. The van der Waals surface area contributed by atoms with E-state index in [1.54, 1.807) is 6.92 Å². The molecule has 2 aromatic rings. The molecule has 110 valence electrons. The van der Waals surface area contributed by atoms with Crippen molar-refractivity contribution in [3.05, 3.63) is 58.4 Å². The summed E-state index contributed by atoms with van der Waals surface area (Å²) in [4.78, 5) is 12.2. The van der Waals surface area contributed by atoms with E-state index in [2.05, 4.69) is 35.8 Å². The minimum atomic E-state index is -0.472. The van der Waals surface area contributed by atoms with E-state index < -0.39 is 5.38 Å². The lowest BCUT2D eigenvalue weighted by Crippen LogP contribution is -2.15. The fraction of sp³-hybridized carbons (Fsp3) is 0.389. The van der Waals surface area contributed by atoms with Gasteiger partial charge in [-0.2, -0.15) is 0 Å². The summed E-state index contributed by atoms with van der Waals surface area (Å²) >= 11 is 5.97. The van der Waals surface area contributed by atoms with Crippen molar-refractivity contribution in [2.75, 3.05) is 0 Å². The second-order valence-corrected chi connectivity index (χ2v) is 6.62. The minimum absolute atomic E-state index is 0.0199. The molecule has 1 aromatic carbocycles. The molecule has 3 rings (SSSR count). The van der Waals surface area contributed by atoms with Gasteiger partial charge < -0.3 is 4.57 Å². The molecule has 1 aliphatic rings. The first-order valence-electron chi connectivity index (χ1n) is 7.42. The van der Waals surface area contributed by atoms with Gasteiger partial charge in [-0.1, -0.05) is 24.3 Å². The summed E-state index contributed by atoms with van der Waals surface area (Å²) in [6, 6.07) is 11.0. The van der Waals surface area contributed by atoms with Gasteiger partial charge in [-0.05, 0) is 50.8 Å². The van der Waals surface area contributed by atoms with Gasteiger partial charge in [-0.15, -0.1) is 11.6 Å². The van der Waals surface area contributed by atoms with E-state index in [1.807, 2.05) is 13.0 Å². The molecule has 21 heavy (non-hydrogen) atoms. The van der Waals surface area contributed by atoms with Crippen LogP contribution in [0.15, 0.2) is 30.3 Å². The van der Waals surface area contributed by atoms with Crippen LogP contribution in [0.3, 0.4) is 0 Å². The van der Waals surface area contributed by atoms with Crippen LogP contribution < -0.4 is 0 Å². The molecule has 1 heterocycles. The summed E-state index contributed by atoms with van der Waals surface area (Å²) in [5, 5.41) is -0.472. The maximum absolute atomic E-state index is 12.2. The molecule has 0 radical (unpaired) electrons. The summed E-state index contributed by atoms with van der Waals surface area (Å²) in [7, 11) is 0. The van der Waals surface area contributed by atoms with Crippen molar-refractivity contribution < 1.29 is 4.79 Å². The third-order valence-electron chi connectivity index (χ3n) is 4.51. The Morgan fingerprint density at radius 2 is 1.81 bits per heavy atom. The first kappa shape index (κ1) is 14.4. The largest absolute Gasteiger partial charge is 0.345 e. The lowest BCUT2D eigenvalue weighted by molar-refractivity contribution is 0.0991. The number of hydrogen-bond acceptors (Lipinski definition) is 1. The predicted molar refractivity (Wildman–Crippen MR) is 86.4 cm³/mol. The van der Waals surface area contributed by atoms with Gasteiger partial charge in [0.1, 0.15) is 0 Å². The summed E-state index contributed by atoms with van der Waals surface area (Å²) in [6.45, 7) is 5.84. The van der Waals surface area contributed by atoms with Crippen LogP contribution in [-0.2, 0) is 12.8 Å². The van der Waals surface area contributed by atoms with Crippen LogP contribution in [-0.4, -0.2) is 15.7 Å². The summed E-state index contributed by atoms with van der Waals surface area (Å²) in [5.41, 5.74) is 5.81. The van der Waals surface area contributed by atoms with Crippen LogP contribution in [0.25, 0.3) is 0 Å². The topological polar surface area (TPSA) is 22.0 Å². The number of aromatic nitrogens is 1. The number of nitrogens with zero attached hydrogens (tertiary/aromatic N) is 1. The fourth-order valence-corrected chi connectivity index (χ4v) is 3.64. The average Bonchev–Trinajstić information content (AvgIpc) is 2.98. The van der Waals surface area contributed by atoms with Gasteiger partial charge in [0, 0.05) is 23.0 Å². The lowest BCUT2D eigenvalue weighted by atomic mass is 10.1. The van der Waals surface area contributed by atoms with Crippen molar-refractivity contribution in [3.8, 4) is 0 Å². The Bertz CT molecular complexity index is 674. The Kier molecular flexibility index (Phi) is 3.66. The third-order valence-corrected chi connectivity index (χ3v) is 4.70. The normalized spacial score (nSPS) is 16.0. The fourth-order valence-electron chi connectivity index (χ4n) is 3.52. The number of aryl methyl sites for hydroxylation is 1. The van der Waals surface area contributed by atoms with E-state index in [9.17, 15) is 4.79 Å². The van der Waals surface area contributed by atoms with E-state index in [-0.39, 0.29) is 5.78 Å². The number of carbonyl (C=O) groups is 1. The van der Waals surface area contributed by atoms with Crippen molar-refractivity contribution in [2.45, 2.75) is 45.0 Å². The first-order chi connectivity index (χ1) is 9.99. The number of hydrogen-bond donors (Lipinski definition) is 0. The Morgan fingerprint density at radius 3 is 2.33 bits per heavy atom. The summed E-state index contributed by atoms with van der Waals surface area (Å²) in [5.74, 6) is 0.0199. The third kappa shape index (κ3) is 2.42. The van der Waals surface area contributed by atoms with Gasteiger partial charge in [0.2, 0.25) is 0 Å². The van der Waals surface area contributed by atoms with E-state index in [1.165, 1.54) is 11.1 Å². The van der Waals surface area contributed by atoms with Crippen LogP contribution in [0, 0.1) is 13.8 Å². The maximum Gasteiger partial charge on any atom is 0.182 e. The molecular weight excluding hydrogens is 282 g/mol. The molecule has 0 bridgehead atoms. The molecule has 0 saturated carbocycles. The smallest absolute Gasteiger partial charge is 0.182 e. The van der Waals surface area contributed by atoms with Crippen LogP contribution in [0.5, 0.6) is 0 Å². The Labute approximate surface area is 130 Å². The predicted octanol–water partition coefficient (Wildman–Crippen LogP) is 4.25. The second-order valence-electron chi connectivity index (χ2n) is 5.97. The highest BCUT2D eigenvalue weighted by Gasteiger charge is 2.27. The highest BCUT2D eigenvalue weighted by molar-refractivity contribution is 6.33. The summed E-state index contributed by atoms with van der Waals surface area (Å²) < 4.78 is 2.31. The van der Waals surface area contributed by atoms with E-state index in [4.69, 9.17) is 11.6 Å². The SMILES string of the molecule is Cc1cc(C(=O)C(C)Cl)c(C)n1C1Cc2ccccc2C1. The molecule has 1 atom stereocenters. The Balaban J connectivity index is 1.96. The van der Waals surface area contributed by atoms with E-state index in [0.29, 0.717) is 6.04 Å². The van der Waals surface area contributed by atoms with Crippen LogP contribution >= 0.6 is 11.6 Å².